The second-order valence-electron chi connectivity index (χ2n) is 4.33. The van der Waals surface area contributed by atoms with Crippen molar-refractivity contribution >= 4 is 16.6 Å². The van der Waals surface area contributed by atoms with E-state index in [1.807, 2.05) is 0 Å². The predicted octanol–water partition coefficient (Wildman–Crippen LogP) is 3.45. The van der Waals surface area contributed by atoms with Gasteiger partial charge in [-0.2, -0.15) is 0 Å². The maximum Gasteiger partial charge on any atom is 0.173 e. The Balaban J connectivity index is 0. The zero-order valence-corrected chi connectivity index (χ0v) is 13.4. The molecule has 0 aliphatic rings. The van der Waals surface area contributed by atoms with E-state index in [4.69, 9.17) is 4.12 Å². The molecule has 0 amide bonds. The molecule has 0 N–H and O–H groups in total. The molecule has 0 unspecified atom stereocenters. The maximum atomic E-state index is 6.20. The smallest absolute Gasteiger partial charge is 0.173 e. The summed E-state index contributed by atoms with van der Waals surface area (Å²) in [4.78, 5) is 0. The van der Waals surface area contributed by atoms with Crippen LogP contribution in [0.2, 0.25) is 38.3 Å². The molecule has 4 heteroatoms. The average molecular weight is 386 g/mol. The van der Waals surface area contributed by atoms with E-state index < -0.39 is 16.6 Å². The van der Waals surface area contributed by atoms with E-state index in [2.05, 4.69) is 40.0 Å². The Morgan fingerprint density at radius 1 is 0.833 bits per heavy atom. The van der Waals surface area contributed by atoms with E-state index >= 15 is 0 Å². The fourth-order valence-corrected chi connectivity index (χ4v) is 8.03. The molecule has 78 valence electrons. The first-order valence-electron chi connectivity index (χ1n) is 4.53. The summed E-state index contributed by atoms with van der Waals surface area (Å²) in [7, 11) is -2.54. The first-order chi connectivity index (χ1) is 4.83. The van der Waals surface area contributed by atoms with Crippen LogP contribution in [-0.2, 0) is 25.2 Å². The summed E-state index contributed by atoms with van der Waals surface area (Å²) in [6.07, 6.45) is 0. The molecular weight excluding hydrogens is 363 g/mol. The van der Waals surface area contributed by atoms with Gasteiger partial charge in [0.2, 0.25) is 0 Å². The normalized spacial score (nSPS) is 12.5. The Morgan fingerprint density at radius 2 is 1.08 bits per heavy atom. The van der Waals surface area contributed by atoms with E-state index in [-0.39, 0.29) is 21.1 Å². The molecule has 0 radical (unpaired) electrons. The number of hydrogen-bond acceptors (Lipinski definition) is 1. The fraction of sp³-hybridized carbons (Fsp3) is 1.00. The number of hydrogen-bond donors (Lipinski definition) is 0. The summed E-state index contributed by atoms with van der Waals surface area (Å²) in [6.45, 7) is 13.8. The van der Waals surface area contributed by atoms with Gasteiger partial charge in [-0.25, -0.2) is 0 Å². The van der Waals surface area contributed by atoms with Crippen LogP contribution >= 0.6 is 0 Å². The molecule has 0 aromatic heterocycles. The van der Waals surface area contributed by atoms with Crippen molar-refractivity contribution in [3.8, 4) is 0 Å². The second-order valence-corrected chi connectivity index (χ2v) is 13.6. The van der Waals surface area contributed by atoms with E-state index in [0.29, 0.717) is 0 Å². The summed E-state index contributed by atoms with van der Waals surface area (Å²) < 4.78 is 6.20. The molecule has 0 saturated heterocycles. The molecule has 0 atom stereocenters. The summed E-state index contributed by atoms with van der Waals surface area (Å²) in [5, 5.41) is 0. The quantitative estimate of drug-likeness (QED) is 0.674. The molecule has 0 bridgehead atoms. The van der Waals surface area contributed by atoms with Crippen LogP contribution in [0.4, 0.5) is 0 Å². The van der Waals surface area contributed by atoms with Crippen molar-refractivity contribution in [3.05, 3.63) is 0 Å². The van der Waals surface area contributed by atoms with Crippen molar-refractivity contribution in [1.82, 2.24) is 0 Å². The van der Waals surface area contributed by atoms with E-state index in [9.17, 15) is 0 Å². The van der Waals surface area contributed by atoms with Gasteiger partial charge in [-0.1, -0.05) is 13.8 Å². The summed E-state index contributed by atoms with van der Waals surface area (Å²) in [6, 6.07) is 2.48. The molecule has 0 rings (SSSR count). The Hall–Kier alpha value is 1.08. The standard InChI is InChI=1S/C8H22OSi2.Pt/c1-7-10(3,4)9-11(5,6)8-2;/h7-8H2,1-6H3;. The molecule has 0 fully saturated rings. The summed E-state index contributed by atoms with van der Waals surface area (Å²) in [5.41, 5.74) is 0. The predicted molar refractivity (Wildman–Crippen MR) is 57.0 cm³/mol. The van der Waals surface area contributed by atoms with Gasteiger partial charge >= 0.3 is 0 Å². The van der Waals surface area contributed by atoms with Gasteiger partial charge in [-0.15, -0.1) is 0 Å². The van der Waals surface area contributed by atoms with Crippen molar-refractivity contribution in [2.24, 2.45) is 0 Å². The topological polar surface area (TPSA) is 9.23 Å². The SMILES string of the molecule is CC[Si](C)(C)O[Si](C)(C)CC.[Pt]. The first-order valence-corrected chi connectivity index (χ1v) is 10.8. The van der Waals surface area contributed by atoms with Crippen molar-refractivity contribution in [1.29, 1.82) is 0 Å². The van der Waals surface area contributed by atoms with E-state index in [1.54, 1.807) is 0 Å². The minimum absolute atomic E-state index is 0. The third kappa shape index (κ3) is 6.58. The Bertz CT molecular complexity index is 112. The van der Waals surface area contributed by atoms with E-state index in [0.717, 1.165) is 0 Å². The van der Waals surface area contributed by atoms with Crippen LogP contribution in [-0.4, -0.2) is 16.6 Å². The molecule has 0 spiro atoms. The third-order valence-electron chi connectivity index (χ3n) is 2.26. The van der Waals surface area contributed by atoms with Gasteiger partial charge in [0.15, 0.2) is 16.6 Å². The minimum atomic E-state index is -1.27. The zero-order valence-electron chi connectivity index (χ0n) is 9.14. The van der Waals surface area contributed by atoms with Crippen molar-refractivity contribution in [3.63, 3.8) is 0 Å². The van der Waals surface area contributed by atoms with Gasteiger partial charge in [0, 0.05) is 21.1 Å². The molecular formula is C8H22OPtSi2. The number of rotatable bonds is 4. The van der Waals surface area contributed by atoms with Gasteiger partial charge in [0.05, 0.1) is 0 Å². The first kappa shape index (κ1) is 15.5. The third-order valence-corrected chi connectivity index (χ3v) is 10.1. The van der Waals surface area contributed by atoms with Gasteiger partial charge in [0.1, 0.15) is 0 Å². The van der Waals surface area contributed by atoms with Crippen LogP contribution in [0.5, 0.6) is 0 Å². The van der Waals surface area contributed by atoms with Gasteiger partial charge in [0.25, 0.3) is 0 Å². The molecule has 12 heavy (non-hydrogen) atoms. The molecule has 0 aromatic rings. The minimum Gasteiger partial charge on any atom is -0.456 e. The molecule has 1 nitrogen and oxygen atoms in total. The molecule has 0 aliphatic carbocycles. The van der Waals surface area contributed by atoms with Gasteiger partial charge in [-0.05, 0) is 38.3 Å². The molecule has 0 aliphatic heterocycles. The molecule has 0 aromatic carbocycles. The van der Waals surface area contributed by atoms with Crippen LogP contribution in [0.15, 0.2) is 0 Å². The van der Waals surface area contributed by atoms with Crippen LogP contribution < -0.4 is 0 Å². The summed E-state index contributed by atoms with van der Waals surface area (Å²) in [5.74, 6) is 0. The van der Waals surface area contributed by atoms with Gasteiger partial charge < -0.3 is 4.12 Å². The average Bonchev–Trinajstić information content (AvgIpc) is 1.86. The largest absolute Gasteiger partial charge is 0.456 e. The maximum absolute atomic E-state index is 6.20. The van der Waals surface area contributed by atoms with Crippen LogP contribution in [0.1, 0.15) is 13.8 Å². The van der Waals surface area contributed by atoms with Crippen molar-refractivity contribution in [2.75, 3.05) is 0 Å². The summed E-state index contributed by atoms with van der Waals surface area (Å²) >= 11 is 0. The zero-order chi connectivity index (χ0) is 9.12. The van der Waals surface area contributed by atoms with Crippen LogP contribution in [0, 0.1) is 0 Å². The van der Waals surface area contributed by atoms with Crippen LogP contribution in [0.3, 0.4) is 0 Å². The van der Waals surface area contributed by atoms with Crippen molar-refractivity contribution in [2.45, 2.75) is 52.1 Å². The fourth-order valence-electron chi connectivity index (χ4n) is 0.892. The monoisotopic (exact) mass is 385 g/mol. The Labute approximate surface area is 93.8 Å². The Morgan fingerprint density at radius 3 is 1.25 bits per heavy atom. The van der Waals surface area contributed by atoms with E-state index in [1.165, 1.54) is 12.1 Å². The molecule has 0 heterocycles. The Kier molecular flexibility index (Phi) is 7.43. The van der Waals surface area contributed by atoms with Crippen molar-refractivity contribution < 1.29 is 25.2 Å². The van der Waals surface area contributed by atoms with Gasteiger partial charge in [-0.3, -0.25) is 0 Å². The second kappa shape index (κ2) is 5.74. The molecule has 0 saturated carbocycles. The van der Waals surface area contributed by atoms with Crippen LogP contribution in [0.25, 0.3) is 0 Å².